The monoisotopic (exact) mass is 335 g/mol. The molecule has 20 heavy (non-hydrogen) atoms. The molecular weight excluding hydrogens is 317 g/mol. The molecule has 1 aromatic rings. The van der Waals surface area contributed by atoms with Crippen LogP contribution in [0.4, 0.5) is 0 Å². The average Bonchev–Trinajstić information content (AvgIpc) is 2.39. The summed E-state index contributed by atoms with van der Waals surface area (Å²) in [7, 11) is -0.776. The molecule has 0 fully saturated rings. The van der Waals surface area contributed by atoms with Crippen LogP contribution in [0.3, 0.4) is 0 Å². The van der Waals surface area contributed by atoms with Gasteiger partial charge in [-0.1, -0.05) is 30.1 Å². The highest BCUT2D eigenvalue weighted by Crippen LogP contribution is 2.39. The van der Waals surface area contributed by atoms with Crippen molar-refractivity contribution < 1.29 is 8.95 Å². The van der Waals surface area contributed by atoms with Gasteiger partial charge in [-0.15, -0.1) is 0 Å². The molecule has 0 amide bonds. The highest BCUT2D eigenvalue weighted by Gasteiger charge is 2.24. The van der Waals surface area contributed by atoms with Gasteiger partial charge < -0.3 is 10.1 Å². The van der Waals surface area contributed by atoms with Crippen LogP contribution < -0.4 is 10.1 Å². The molecule has 0 aliphatic carbocycles. The minimum absolute atomic E-state index is 0.187. The molecule has 0 aromatic heterocycles. The molecule has 0 spiro atoms. The van der Waals surface area contributed by atoms with Crippen molar-refractivity contribution in [3.63, 3.8) is 0 Å². The second kappa shape index (κ2) is 7.12. The predicted molar refractivity (Wildman–Crippen MR) is 85.5 cm³/mol. The molecule has 1 aliphatic heterocycles. The highest BCUT2D eigenvalue weighted by molar-refractivity contribution is 7.84. The molecule has 3 unspecified atom stereocenters. The van der Waals surface area contributed by atoms with E-state index in [0.29, 0.717) is 16.7 Å². The molecule has 1 aromatic carbocycles. The highest BCUT2D eigenvalue weighted by atomic mass is 35.5. The van der Waals surface area contributed by atoms with Crippen molar-refractivity contribution in [2.75, 3.05) is 19.4 Å². The second-order valence-corrected chi connectivity index (χ2v) is 7.69. The lowest BCUT2D eigenvalue weighted by Gasteiger charge is -2.28. The third kappa shape index (κ3) is 3.88. The molecule has 1 N–H and O–H groups in total. The van der Waals surface area contributed by atoms with E-state index in [4.69, 9.17) is 27.9 Å². The van der Waals surface area contributed by atoms with Gasteiger partial charge in [0.05, 0.1) is 11.6 Å². The normalized spacial score (nSPS) is 20.9. The zero-order valence-electron chi connectivity index (χ0n) is 11.6. The first-order chi connectivity index (χ1) is 9.49. The van der Waals surface area contributed by atoms with E-state index in [2.05, 4.69) is 5.32 Å². The van der Waals surface area contributed by atoms with Gasteiger partial charge in [-0.2, -0.15) is 0 Å². The van der Waals surface area contributed by atoms with Crippen molar-refractivity contribution >= 4 is 34.0 Å². The molecule has 0 saturated heterocycles. The Morgan fingerprint density at radius 1 is 1.50 bits per heavy atom. The SMILES string of the molecule is CC(CCNC1CCOc2c(Cl)cc(Cl)cc21)S(C)=O. The van der Waals surface area contributed by atoms with E-state index in [9.17, 15) is 4.21 Å². The molecule has 0 radical (unpaired) electrons. The Morgan fingerprint density at radius 3 is 2.95 bits per heavy atom. The Kier molecular flexibility index (Phi) is 5.73. The molecule has 1 aliphatic rings. The summed E-state index contributed by atoms with van der Waals surface area (Å²) in [5.41, 5.74) is 1.01. The minimum atomic E-state index is -0.776. The van der Waals surface area contributed by atoms with Crippen LogP contribution in [-0.2, 0) is 10.8 Å². The number of ether oxygens (including phenoxy) is 1. The summed E-state index contributed by atoms with van der Waals surface area (Å²) in [5.74, 6) is 0.729. The van der Waals surface area contributed by atoms with E-state index < -0.39 is 10.8 Å². The summed E-state index contributed by atoms with van der Waals surface area (Å²) in [6, 6.07) is 3.79. The van der Waals surface area contributed by atoms with Crippen molar-refractivity contribution in [3.8, 4) is 5.75 Å². The summed E-state index contributed by atoms with van der Waals surface area (Å²) < 4.78 is 17.0. The van der Waals surface area contributed by atoms with E-state index in [1.54, 1.807) is 12.3 Å². The summed E-state index contributed by atoms with van der Waals surface area (Å²) in [5, 5.41) is 4.86. The maximum atomic E-state index is 11.3. The molecule has 0 saturated carbocycles. The fourth-order valence-corrected chi connectivity index (χ4v) is 3.28. The molecule has 112 valence electrons. The number of hydrogen-bond acceptors (Lipinski definition) is 3. The maximum Gasteiger partial charge on any atom is 0.142 e. The van der Waals surface area contributed by atoms with E-state index >= 15 is 0 Å². The standard InChI is InChI=1S/C14H19Cl2NO2S/c1-9(20(2)18)3-5-17-13-4-6-19-14-11(13)7-10(15)8-12(14)16/h7-9,13,17H,3-6H2,1-2H3. The van der Waals surface area contributed by atoms with E-state index in [-0.39, 0.29) is 11.3 Å². The quantitative estimate of drug-likeness (QED) is 0.893. The molecule has 3 nitrogen and oxygen atoms in total. The van der Waals surface area contributed by atoms with Crippen molar-refractivity contribution in [2.45, 2.75) is 31.1 Å². The van der Waals surface area contributed by atoms with E-state index in [0.717, 1.165) is 30.7 Å². The van der Waals surface area contributed by atoms with Gasteiger partial charge in [-0.05, 0) is 25.1 Å². The van der Waals surface area contributed by atoms with Crippen LogP contribution >= 0.6 is 23.2 Å². The van der Waals surface area contributed by atoms with Gasteiger partial charge in [0.1, 0.15) is 5.75 Å². The zero-order valence-corrected chi connectivity index (χ0v) is 13.9. The van der Waals surface area contributed by atoms with Gasteiger partial charge in [0, 0.05) is 45.4 Å². The van der Waals surface area contributed by atoms with Crippen molar-refractivity contribution in [1.29, 1.82) is 0 Å². The Balaban J connectivity index is 2.03. The molecule has 2 rings (SSSR count). The number of rotatable bonds is 5. The molecule has 3 atom stereocenters. The number of halogens is 2. The lowest BCUT2D eigenvalue weighted by atomic mass is 10.0. The second-order valence-electron chi connectivity index (χ2n) is 5.05. The number of hydrogen-bond donors (Lipinski definition) is 1. The van der Waals surface area contributed by atoms with Crippen molar-refractivity contribution in [3.05, 3.63) is 27.7 Å². The maximum absolute atomic E-state index is 11.3. The summed E-state index contributed by atoms with van der Waals surface area (Å²) in [4.78, 5) is 0. The first-order valence-corrected chi connectivity index (χ1v) is 9.04. The average molecular weight is 336 g/mol. The number of fused-ring (bicyclic) bond motifs is 1. The largest absolute Gasteiger partial charge is 0.492 e. The van der Waals surface area contributed by atoms with Crippen LogP contribution in [0.1, 0.15) is 31.4 Å². The number of nitrogens with one attached hydrogen (secondary N) is 1. The fraction of sp³-hybridized carbons (Fsp3) is 0.571. The van der Waals surface area contributed by atoms with E-state index in [1.807, 2.05) is 13.0 Å². The summed E-state index contributed by atoms with van der Waals surface area (Å²) in [6.07, 6.45) is 3.51. The first-order valence-electron chi connectivity index (χ1n) is 6.66. The van der Waals surface area contributed by atoms with Crippen LogP contribution in [0.5, 0.6) is 5.75 Å². The van der Waals surface area contributed by atoms with Crippen LogP contribution in [0.15, 0.2) is 12.1 Å². The fourth-order valence-electron chi connectivity index (χ4n) is 2.26. The third-order valence-corrected chi connectivity index (χ3v) is 5.44. The smallest absolute Gasteiger partial charge is 0.142 e. The van der Waals surface area contributed by atoms with Gasteiger partial charge in [0.25, 0.3) is 0 Å². The summed E-state index contributed by atoms with van der Waals surface area (Å²) in [6.45, 7) is 3.46. The predicted octanol–water partition coefficient (Wildman–Crippen LogP) is 3.56. The Morgan fingerprint density at radius 2 is 2.25 bits per heavy atom. The first kappa shape index (κ1) is 16.1. The van der Waals surface area contributed by atoms with Gasteiger partial charge in [0.2, 0.25) is 0 Å². The summed E-state index contributed by atoms with van der Waals surface area (Å²) >= 11 is 12.2. The molecule has 1 heterocycles. The Hall–Kier alpha value is -0.290. The topological polar surface area (TPSA) is 38.3 Å². The zero-order chi connectivity index (χ0) is 14.7. The third-order valence-electron chi connectivity index (χ3n) is 3.57. The van der Waals surface area contributed by atoms with Gasteiger partial charge in [-0.25, -0.2) is 0 Å². The number of benzene rings is 1. The van der Waals surface area contributed by atoms with Crippen LogP contribution in [0, 0.1) is 0 Å². The van der Waals surface area contributed by atoms with Crippen LogP contribution in [0.2, 0.25) is 10.0 Å². The van der Waals surface area contributed by atoms with Crippen LogP contribution in [-0.4, -0.2) is 28.9 Å². The Bertz CT molecular complexity index is 510. The van der Waals surface area contributed by atoms with Crippen LogP contribution in [0.25, 0.3) is 0 Å². The molecule has 6 heteroatoms. The lowest BCUT2D eigenvalue weighted by molar-refractivity contribution is 0.253. The van der Waals surface area contributed by atoms with Gasteiger partial charge >= 0.3 is 0 Å². The molecular formula is C14H19Cl2NO2S. The van der Waals surface area contributed by atoms with Gasteiger partial charge in [0.15, 0.2) is 0 Å². The van der Waals surface area contributed by atoms with Crippen molar-refractivity contribution in [2.24, 2.45) is 0 Å². The lowest BCUT2D eigenvalue weighted by Crippen LogP contribution is -2.29. The Labute approximate surface area is 132 Å². The van der Waals surface area contributed by atoms with Gasteiger partial charge in [-0.3, -0.25) is 4.21 Å². The van der Waals surface area contributed by atoms with Crippen molar-refractivity contribution in [1.82, 2.24) is 5.32 Å². The van der Waals surface area contributed by atoms with E-state index in [1.165, 1.54) is 0 Å². The minimum Gasteiger partial charge on any atom is -0.492 e. The molecule has 0 bridgehead atoms.